The van der Waals surface area contributed by atoms with E-state index in [9.17, 15) is 0 Å². The van der Waals surface area contributed by atoms with Crippen LogP contribution in [-0.2, 0) is 19.4 Å². The molecular weight excluding hydrogens is 350 g/mol. The molecular formula is C20H24BrNO. The zero-order chi connectivity index (χ0) is 16.2. The molecule has 0 N–H and O–H groups in total. The van der Waals surface area contributed by atoms with Gasteiger partial charge in [-0.15, -0.1) is 0 Å². The van der Waals surface area contributed by atoms with Crippen molar-refractivity contribution in [1.29, 1.82) is 0 Å². The number of ether oxygens (including phenoxy) is 1. The van der Waals surface area contributed by atoms with Gasteiger partial charge in [-0.05, 0) is 80.2 Å². The van der Waals surface area contributed by atoms with Gasteiger partial charge in [0.05, 0.1) is 0 Å². The smallest absolute Gasteiger partial charge is 0.120 e. The summed E-state index contributed by atoms with van der Waals surface area (Å²) in [7, 11) is 4.32. The summed E-state index contributed by atoms with van der Waals surface area (Å²) in [5.41, 5.74) is 4.16. The van der Waals surface area contributed by atoms with E-state index in [0.717, 1.165) is 16.1 Å². The summed E-state index contributed by atoms with van der Waals surface area (Å²) < 4.78 is 7.07. The van der Waals surface area contributed by atoms with Crippen LogP contribution in [0.2, 0.25) is 0 Å². The Balaban J connectivity index is 1.62. The molecule has 0 radical (unpaired) electrons. The lowest BCUT2D eigenvalue weighted by Crippen LogP contribution is -2.26. The maximum Gasteiger partial charge on any atom is 0.120 e. The van der Waals surface area contributed by atoms with Crippen LogP contribution in [0.15, 0.2) is 46.9 Å². The van der Waals surface area contributed by atoms with Crippen molar-refractivity contribution < 1.29 is 4.74 Å². The van der Waals surface area contributed by atoms with E-state index in [1.165, 1.54) is 42.5 Å². The quantitative estimate of drug-likeness (QED) is 0.753. The first kappa shape index (κ1) is 16.5. The molecule has 0 bridgehead atoms. The summed E-state index contributed by atoms with van der Waals surface area (Å²) >= 11 is 3.46. The monoisotopic (exact) mass is 373 g/mol. The molecule has 0 spiro atoms. The van der Waals surface area contributed by atoms with E-state index in [0.29, 0.717) is 6.61 Å². The summed E-state index contributed by atoms with van der Waals surface area (Å²) in [5, 5.41) is 0. The maximum absolute atomic E-state index is 5.97. The Hall–Kier alpha value is -1.32. The number of nitrogens with zero attached hydrogens (tertiary/aromatic N) is 1. The number of halogens is 1. The Morgan fingerprint density at radius 1 is 1.09 bits per heavy atom. The Kier molecular flexibility index (Phi) is 5.39. The third kappa shape index (κ3) is 4.58. The highest BCUT2D eigenvalue weighted by Gasteiger charge is 2.19. The van der Waals surface area contributed by atoms with Crippen LogP contribution in [0.4, 0.5) is 0 Å². The summed E-state index contributed by atoms with van der Waals surface area (Å²) in [6, 6.07) is 14.9. The summed E-state index contributed by atoms with van der Waals surface area (Å²) in [6.07, 6.45) is 3.64. The molecule has 1 aliphatic rings. The second-order valence-corrected chi connectivity index (χ2v) is 7.63. The van der Waals surface area contributed by atoms with Gasteiger partial charge in [-0.25, -0.2) is 0 Å². The van der Waals surface area contributed by atoms with Crippen LogP contribution in [-0.4, -0.2) is 25.5 Å². The van der Waals surface area contributed by atoms with Crippen LogP contribution in [0, 0.1) is 5.92 Å². The first-order valence-corrected chi connectivity index (χ1v) is 9.03. The van der Waals surface area contributed by atoms with Gasteiger partial charge in [0.15, 0.2) is 0 Å². The molecule has 0 aromatic heterocycles. The minimum absolute atomic E-state index is 0.620. The van der Waals surface area contributed by atoms with Gasteiger partial charge in [0.25, 0.3) is 0 Å². The van der Waals surface area contributed by atoms with Gasteiger partial charge < -0.3 is 9.64 Å². The van der Waals surface area contributed by atoms with Crippen molar-refractivity contribution in [2.24, 2.45) is 5.92 Å². The van der Waals surface area contributed by atoms with Crippen LogP contribution < -0.4 is 4.74 Å². The lowest BCUT2D eigenvalue weighted by Gasteiger charge is -2.27. The molecule has 0 saturated heterocycles. The molecule has 0 saturated carbocycles. The lowest BCUT2D eigenvalue weighted by molar-refractivity contribution is 0.297. The molecule has 3 heteroatoms. The highest BCUT2D eigenvalue weighted by molar-refractivity contribution is 9.10. The average Bonchev–Trinajstić information content (AvgIpc) is 2.54. The van der Waals surface area contributed by atoms with Crippen LogP contribution >= 0.6 is 15.9 Å². The molecule has 3 rings (SSSR count). The van der Waals surface area contributed by atoms with E-state index >= 15 is 0 Å². The fourth-order valence-corrected chi connectivity index (χ4v) is 3.58. The highest BCUT2D eigenvalue weighted by Crippen LogP contribution is 2.29. The van der Waals surface area contributed by atoms with Crippen LogP contribution in [0.3, 0.4) is 0 Å². The molecule has 1 aliphatic carbocycles. The van der Waals surface area contributed by atoms with E-state index in [1.807, 2.05) is 0 Å². The van der Waals surface area contributed by atoms with Crippen LogP contribution in [0.1, 0.15) is 23.1 Å². The summed E-state index contributed by atoms with van der Waals surface area (Å²) in [4.78, 5) is 2.30. The molecule has 0 amide bonds. The SMILES string of the molecule is CN(C)CC1CCc2cc(OCc3ccc(Br)cc3)ccc2C1. The zero-order valence-electron chi connectivity index (χ0n) is 13.9. The van der Waals surface area contributed by atoms with Crippen molar-refractivity contribution in [3.05, 3.63) is 63.6 Å². The minimum Gasteiger partial charge on any atom is -0.489 e. The zero-order valence-corrected chi connectivity index (χ0v) is 15.5. The molecule has 122 valence electrons. The summed E-state index contributed by atoms with van der Waals surface area (Å²) in [6.45, 7) is 1.80. The van der Waals surface area contributed by atoms with E-state index in [1.54, 1.807) is 0 Å². The topological polar surface area (TPSA) is 12.5 Å². The Morgan fingerprint density at radius 2 is 1.87 bits per heavy atom. The second-order valence-electron chi connectivity index (χ2n) is 6.72. The van der Waals surface area contributed by atoms with Crippen molar-refractivity contribution in [3.8, 4) is 5.75 Å². The maximum atomic E-state index is 5.97. The predicted molar refractivity (Wildman–Crippen MR) is 99.0 cm³/mol. The van der Waals surface area contributed by atoms with Gasteiger partial charge in [0.1, 0.15) is 12.4 Å². The van der Waals surface area contributed by atoms with Gasteiger partial charge in [0, 0.05) is 11.0 Å². The normalized spacial score (nSPS) is 17.1. The van der Waals surface area contributed by atoms with Crippen molar-refractivity contribution in [1.82, 2.24) is 4.90 Å². The molecule has 23 heavy (non-hydrogen) atoms. The highest BCUT2D eigenvalue weighted by atomic mass is 79.9. The Morgan fingerprint density at radius 3 is 2.61 bits per heavy atom. The fraction of sp³-hybridized carbons (Fsp3) is 0.400. The molecule has 2 aromatic rings. The lowest BCUT2D eigenvalue weighted by atomic mass is 9.83. The standard InChI is InChI=1S/C20H24BrNO/c1-22(2)13-16-3-6-18-12-20(10-7-17(18)11-16)23-14-15-4-8-19(21)9-5-15/h4-5,7-10,12,16H,3,6,11,13-14H2,1-2H3. The average molecular weight is 374 g/mol. The number of hydrogen-bond donors (Lipinski definition) is 0. The van der Waals surface area contributed by atoms with E-state index < -0.39 is 0 Å². The second kappa shape index (κ2) is 7.50. The van der Waals surface area contributed by atoms with Gasteiger partial charge in [-0.1, -0.05) is 34.1 Å². The minimum atomic E-state index is 0.620. The third-order valence-electron chi connectivity index (χ3n) is 4.45. The molecule has 1 atom stereocenters. The van der Waals surface area contributed by atoms with Crippen LogP contribution in [0.25, 0.3) is 0 Å². The number of hydrogen-bond acceptors (Lipinski definition) is 2. The van der Waals surface area contributed by atoms with Gasteiger partial charge in [-0.3, -0.25) is 0 Å². The number of rotatable bonds is 5. The first-order chi connectivity index (χ1) is 11.1. The number of fused-ring (bicyclic) bond motifs is 1. The Labute approximate surface area is 147 Å². The molecule has 1 unspecified atom stereocenters. The molecule has 0 heterocycles. The van der Waals surface area contributed by atoms with E-state index in [-0.39, 0.29) is 0 Å². The molecule has 2 nitrogen and oxygen atoms in total. The fourth-order valence-electron chi connectivity index (χ4n) is 3.32. The van der Waals surface area contributed by atoms with Gasteiger partial charge in [0.2, 0.25) is 0 Å². The largest absolute Gasteiger partial charge is 0.489 e. The molecule has 0 fully saturated rings. The van der Waals surface area contributed by atoms with Gasteiger partial charge in [-0.2, -0.15) is 0 Å². The van der Waals surface area contributed by atoms with Crippen LogP contribution in [0.5, 0.6) is 5.75 Å². The number of aryl methyl sites for hydroxylation is 1. The molecule has 2 aromatic carbocycles. The van der Waals surface area contributed by atoms with Crippen molar-refractivity contribution in [2.75, 3.05) is 20.6 Å². The first-order valence-electron chi connectivity index (χ1n) is 8.24. The van der Waals surface area contributed by atoms with E-state index in [4.69, 9.17) is 4.74 Å². The van der Waals surface area contributed by atoms with Gasteiger partial charge >= 0.3 is 0 Å². The summed E-state index contributed by atoms with van der Waals surface area (Å²) in [5.74, 6) is 1.77. The molecule has 0 aliphatic heterocycles. The van der Waals surface area contributed by atoms with Crippen molar-refractivity contribution >= 4 is 15.9 Å². The predicted octanol–water partition coefficient (Wildman–Crippen LogP) is 4.69. The number of benzene rings is 2. The third-order valence-corrected chi connectivity index (χ3v) is 4.98. The van der Waals surface area contributed by atoms with Crippen molar-refractivity contribution in [2.45, 2.75) is 25.9 Å². The van der Waals surface area contributed by atoms with Crippen molar-refractivity contribution in [3.63, 3.8) is 0 Å². The Bertz CT molecular complexity index is 651. The van der Waals surface area contributed by atoms with E-state index in [2.05, 4.69) is 77.4 Å².